The fourth-order valence-corrected chi connectivity index (χ4v) is 2.56. The third-order valence-electron chi connectivity index (χ3n) is 3.97. The second kappa shape index (κ2) is 7.38. The quantitative estimate of drug-likeness (QED) is 0.651. The molecule has 124 valence electrons. The van der Waals surface area contributed by atoms with Gasteiger partial charge in [0.1, 0.15) is 5.82 Å². The van der Waals surface area contributed by atoms with Crippen LogP contribution in [0.5, 0.6) is 0 Å². The molecule has 1 atom stereocenters. The van der Waals surface area contributed by atoms with Gasteiger partial charge < -0.3 is 10.4 Å². The number of hydrogen-bond acceptors (Lipinski definition) is 3. The molecule has 0 aliphatic rings. The van der Waals surface area contributed by atoms with Crippen LogP contribution in [-0.4, -0.2) is 21.8 Å². The molecule has 0 aliphatic carbocycles. The third kappa shape index (κ3) is 3.88. The van der Waals surface area contributed by atoms with Gasteiger partial charge in [0.2, 0.25) is 0 Å². The summed E-state index contributed by atoms with van der Waals surface area (Å²) in [5, 5.41) is 20.5. The maximum absolute atomic E-state index is 13.0. The molecule has 0 aliphatic heterocycles. The van der Waals surface area contributed by atoms with Crippen molar-refractivity contribution in [3.63, 3.8) is 0 Å². The van der Waals surface area contributed by atoms with Crippen molar-refractivity contribution in [2.75, 3.05) is 6.54 Å². The number of hydrogen-bond donors (Lipinski definition) is 3. The van der Waals surface area contributed by atoms with Crippen LogP contribution in [0, 0.1) is 12.7 Å². The van der Waals surface area contributed by atoms with Gasteiger partial charge in [-0.15, -0.1) is 0 Å². The molecule has 0 bridgehead atoms. The fraction of sp³-hybridized carbons (Fsp3) is 0.211. The highest BCUT2D eigenvalue weighted by molar-refractivity contribution is 5.62. The predicted octanol–water partition coefficient (Wildman–Crippen LogP) is 3.35. The van der Waals surface area contributed by atoms with Crippen LogP contribution in [0.2, 0.25) is 0 Å². The first kappa shape index (κ1) is 16.4. The summed E-state index contributed by atoms with van der Waals surface area (Å²) in [6.45, 7) is 3.02. The first-order chi connectivity index (χ1) is 11.6. The fourth-order valence-electron chi connectivity index (χ4n) is 2.56. The van der Waals surface area contributed by atoms with E-state index < -0.39 is 6.10 Å². The number of aliphatic hydroxyl groups is 1. The van der Waals surface area contributed by atoms with Crippen LogP contribution in [0.4, 0.5) is 4.39 Å². The van der Waals surface area contributed by atoms with E-state index in [1.807, 2.05) is 31.2 Å². The Morgan fingerprint density at radius 2 is 1.83 bits per heavy atom. The maximum Gasteiger partial charge on any atom is 0.123 e. The highest BCUT2D eigenvalue weighted by Crippen LogP contribution is 2.21. The Hall–Kier alpha value is -2.50. The number of nitrogens with zero attached hydrogens (tertiary/aromatic N) is 1. The number of halogens is 1. The average molecular weight is 325 g/mol. The van der Waals surface area contributed by atoms with E-state index in [2.05, 4.69) is 15.5 Å². The van der Waals surface area contributed by atoms with E-state index in [-0.39, 0.29) is 5.82 Å². The highest BCUT2D eigenvalue weighted by atomic mass is 19.1. The largest absolute Gasteiger partial charge is 0.387 e. The monoisotopic (exact) mass is 325 g/mol. The Kier molecular flexibility index (Phi) is 5.03. The Bertz CT molecular complexity index is 781. The number of benzene rings is 2. The van der Waals surface area contributed by atoms with Gasteiger partial charge in [-0.1, -0.05) is 29.8 Å². The number of aliphatic hydroxyl groups excluding tert-OH is 1. The van der Waals surface area contributed by atoms with Crippen molar-refractivity contribution < 1.29 is 9.50 Å². The van der Waals surface area contributed by atoms with E-state index >= 15 is 0 Å². The van der Waals surface area contributed by atoms with Crippen molar-refractivity contribution >= 4 is 0 Å². The van der Waals surface area contributed by atoms with Gasteiger partial charge >= 0.3 is 0 Å². The molecule has 0 amide bonds. The van der Waals surface area contributed by atoms with Crippen LogP contribution in [0.15, 0.2) is 54.7 Å². The van der Waals surface area contributed by atoms with E-state index in [1.54, 1.807) is 18.3 Å². The van der Waals surface area contributed by atoms with Crippen molar-refractivity contribution in [3.8, 4) is 11.3 Å². The van der Waals surface area contributed by atoms with Gasteiger partial charge in [0, 0.05) is 24.2 Å². The summed E-state index contributed by atoms with van der Waals surface area (Å²) in [5.41, 5.74) is 4.76. The molecule has 0 spiro atoms. The van der Waals surface area contributed by atoms with E-state index in [9.17, 15) is 9.50 Å². The minimum absolute atomic E-state index is 0.265. The Labute approximate surface area is 140 Å². The molecule has 5 heteroatoms. The van der Waals surface area contributed by atoms with Crippen LogP contribution in [0.3, 0.4) is 0 Å². The van der Waals surface area contributed by atoms with Gasteiger partial charge in [-0.2, -0.15) is 5.10 Å². The Morgan fingerprint density at radius 3 is 2.54 bits per heavy atom. The number of aromatic amines is 1. The van der Waals surface area contributed by atoms with Crippen molar-refractivity contribution in [1.29, 1.82) is 0 Å². The molecular weight excluding hydrogens is 305 g/mol. The standard InChI is InChI=1S/C19H20FN3O/c1-13-2-4-14(5-3-13)18(24)12-21-10-16-11-22-23-19(16)15-6-8-17(20)9-7-15/h2-9,11,18,21,24H,10,12H2,1H3,(H,22,23). The average Bonchev–Trinajstić information content (AvgIpc) is 3.04. The summed E-state index contributed by atoms with van der Waals surface area (Å²) in [5.74, 6) is -0.265. The maximum atomic E-state index is 13.0. The van der Waals surface area contributed by atoms with E-state index in [0.717, 1.165) is 22.4 Å². The molecule has 3 aromatic rings. The van der Waals surface area contributed by atoms with Crippen LogP contribution >= 0.6 is 0 Å². The van der Waals surface area contributed by atoms with Crippen LogP contribution in [0.1, 0.15) is 22.8 Å². The molecule has 1 aromatic heterocycles. The number of aromatic nitrogens is 2. The highest BCUT2D eigenvalue weighted by Gasteiger charge is 2.10. The molecule has 1 heterocycles. The molecule has 0 saturated carbocycles. The normalized spacial score (nSPS) is 12.3. The molecule has 4 nitrogen and oxygen atoms in total. The van der Waals surface area contributed by atoms with Gasteiger partial charge in [0.05, 0.1) is 18.0 Å². The summed E-state index contributed by atoms with van der Waals surface area (Å²) in [7, 11) is 0. The zero-order chi connectivity index (χ0) is 16.9. The second-order valence-corrected chi connectivity index (χ2v) is 5.83. The number of H-pyrrole nitrogens is 1. The molecule has 3 rings (SSSR count). The van der Waals surface area contributed by atoms with Crippen molar-refractivity contribution in [3.05, 3.63) is 77.2 Å². The first-order valence-electron chi connectivity index (χ1n) is 7.87. The SMILES string of the molecule is Cc1ccc(C(O)CNCc2cn[nH]c2-c2ccc(F)cc2)cc1. The van der Waals surface area contributed by atoms with Gasteiger partial charge in [0.15, 0.2) is 0 Å². The topological polar surface area (TPSA) is 60.9 Å². The van der Waals surface area contributed by atoms with Gasteiger partial charge in [-0.25, -0.2) is 4.39 Å². The molecule has 2 aromatic carbocycles. The van der Waals surface area contributed by atoms with Gasteiger partial charge in [0.25, 0.3) is 0 Å². The van der Waals surface area contributed by atoms with Gasteiger partial charge in [-0.05, 0) is 36.8 Å². The third-order valence-corrected chi connectivity index (χ3v) is 3.97. The zero-order valence-electron chi connectivity index (χ0n) is 13.5. The minimum atomic E-state index is -0.563. The predicted molar refractivity (Wildman–Crippen MR) is 91.8 cm³/mol. The summed E-state index contributed by atoms with van der Waals surface area (Å²) >= 11 is 0. The molecule has 3 N–H and O–H groups in total. The molecule has 0 fully saturated rings. The Balaban J connectivity index is 1.60. The van der Waals surface area contributed by atoms with Crippen molar-refractivity contribution in [1.82, 2.24) is 15.5 Å². The Morgan fingerprint density at radius 1 is 1.12 bits per heavy atom. The second-order valence-electron chi connectivity index (χ2n) is 5.83. The van der Waals surface area contributed by atoms with Crippen molar-refractivity contribution in [2.24, 2.45) is 0 Å². The summed E-state index contributed by atoms with van der Waals surface area (Å²) in [4.78, 5) is 0. The van der Waals surface area contributed by atoms with Crippen LogP contribution in [0.25, 0.3) is 11.3 Å². The molecular formula is C19H20FN3O. The lowest BCUT2D eigenvalue weighted by Gasteiger charge is -2.12. The lowest BCUT2D eigenvalue weighted by atomic mass is 10.1. The molecule has 0 radical (unpaired) electrons. The summed E-state index contributed by atoms with van der Waals surface area (Å²) in [6, 6.07) is 14.1. The van der Waals surface area contributed by atoms with Crippen molar-refractivity contribution in [2.45, 2.75) is 19.6 Å². The smallest absolute Gasteiger partial charge is 0.123 e. The lowest BCUT2D eigenvalue weighted by Crippen LogP contribution is -2.21. The number of rotatable bonds is 6. The molecule has 1 unspecified atom stereocenters. The van der Waals surface area contributed by atoms with Gasteiger partial charge in [-0.3, -0.25) is 5.10 Å². The number of nitrogens with one attached hydrogen (secondary N) is 2. The molecule has 0 saturated heterocycles. The van der Waals surface area contributed by atoms with E-state index in [0.29, 0.717) is 13.1 Å². The van der Waals surface area contributed by atoms with Crippen LogP contribution < -0.4 is 5.32 Å². The first-order valence-corrected chi connectivity index (χ1v) is 7.87. The zero-order valence-corrected chi connectivity index (χ0v) is 13.5. The summed E-state index contributed by atoms with van der Waals surface area (Å²) in [6.07, 6.45) is 1.18. The minimum Gasteiger partial charge on any atom is -0.387 e. The van der Waals surface area contributed by atoms with E-state index in [4.69, 9.17) is 0 Å². The van der Waals surface area contributed by atoms with E-state index in [1.165, 1.54) is 17.7 Å². The number of aryl methyl sites for hydroxylation is 1. The lowest BCUT2D eigenvalue weighted by molar-refractivity contribution is 0.174. The molecule has 24 heavy (non-hydrogen) atoms. The van der Waals surface area contributed by atoms with Crippen LogP contribution in [-0.2, 0) is 6.54 Å². The summed E-state index contributed by atoms with van der Waals surface area (Å²) < 4.78 is 13.0.